The molecular weight excluding hydrogens is 288 g/mol. The van der Waals surface area contributed by atoms with Crippen LogP contribution in [-0.2, 0) is 4.74 Å². The van der Waals surface area contributed by atoms with E-state index in [4.69, 9.17) is 4.74 Å². The van der Waals surface area contributed by atoms with Gasteiger partial charge in [-0.1, -0.05) is 30.3 Å². The lowest BCUT2D eigenvalue weighted by molar-refractivity contribution is 0.0114. The molecule has 2 saturated heterocycles. The normalized spacial score (nSPS) is 24.4. The van der Waals surface area contributed by atoms with Gasteiger partial charge >= 0.3 is 0 Å². The molecular formula is C19H30N2O2. The molecule has 1 N–H and O–H groups in total. The molecule has 0 saturated carbocycles. The zero-order valence-electron chi connectivity index (χ0n) is 14.2. The largest absolute Gasteiger partial charge is 0.388 e. The van der Waals surface area contributed by atoms with Crippen LogP contribution >= 0.6 is 0 Å². The Morgan fingerprint density at radius 2 is 1.74 bits per heavy atom. The molecule has 2 heterocycles. The lowest BCUT2D eigenvalue weighted by Crippen LogP contribution is -2.48. The molecule has 0 aromatic heterocycles. The van der Waals surface area contributed by atoms with E-state index >= 15 is 0 Å². The first kappa shape index (κ1) is 16.9. The number of hydrogen-bond donors (Lipinski definition) is 1. The molecule has 2 atom stereocenters. The van der Waals surface area contributed by atoms with Crippen LogP contribution in [0.25, 0.3) is 0 Å². The molecule has 0 unspecified atom stereocenters. The van der Waals surface area contributed by atoms with E-state index in [1.807, 2.05) is 30.3 Å². The van der Waals surface area contributed by atoms with Gasteiger partial charge in [0.2, 0.25) is 0 Å². The zero-order valence-corrected chi connectivity index (χ0v) is 14.2. The van der Waals surface area contributed by atoms with Crippen molar-refractivity contribution in [1.82, 2.24) is 9.80 Å². The van der Waals surface area contributed by atoms with Gasteiger partial charge in [-0.05, 0) is 44.3 Å². The number of morpholine rings is 1. The second-order valence-corrected chi connectivity index (χ2v) is 6.99. The standard InChI is InChI=1S/C19H30N2O2/c1-16(15-20-11-13-23-14-12-20)21-9-7-18(8-10-21)19(22)17-5-3-2-4-6-17/h2-6,16,18-19,22H,7-15H2,1H3/t16-,19-/m1/s1. The Hall–Kier alpha value is -0.940. The summed E-state index contributed by atoms with van der Waals surface area (Å²) in [6.07, 6.45) is 1.86. The molecule has 0 bridgehead atoms. The summed E-state index contributed by atoms with van der Waals surface area (Å²) in [4.78, 5) is 5.10. The highest BCUT2D eigenvalue weighted by molar-refractivity contribution is 5.18. The van der Waals surface area contributed by atoms with E-state index in [9.17, 15) is 5.11 Å². The van der Waals surface area contributed by atoms with E-state index in [1.165, 1.54) is 0 Å². The molecule has 2 aliphatic heterocycles. The first-order valence-electron chi connectivity index (χ1n) is 9.01. The minimum absolute atomic E-state index is 0.312. The van der Waals surface area contributed by atoms with Gasteiger partial charge in [0.25, 0.3) is 0 Å². The molecule has 2 aliphatic rings. The van der Waals surface area contributed by atoms with Crippen molar-refractivity contribution < 1.29 is 9.84 Å². The lowest BCUT2D eigenvalue weighted by Gasteiger charge is -2.40. The second-order valence-electron chi connectivity index (χ2n) is 6.99. The highest BCUT2D eigenvalue weighted by Gasteiger charge is 2.28. The highest BCUT2D eigenvalue weighted by Crippen LogP contribution is 2.31. The van der Waals surface area contributed by atoms with Crippen LogP contribution in [0.15, 0.2) is 30.3 Å². The van der Waals surface area contributed by atoms with Gasteiger partial charge in [-0.15, -0.1) is 0 Å². The smallest absolute Gasteiger partial charge is 0.0819 e. The fourth-order valence-electron chi connectivity index (χ4n) is 3.87. The van der Waals surface area contributed by atoms with Crippen molar-refractivity contribution in [3.8, 4) is 0 Å². The third-order valence-corrected chi connectivity index (χ3v) is 5.41. The molecule has 0 radical (unpaired) electrons. The van der Waals surface area contributed by atoms with Crippen molar-refractivity contribution in [3.63, 3.8) is 0 Å². The number of aliphatic hydroxyl groups excluding tert-OH is 1. The topological polar surface area (TPSA) is 35.9 Å². The van der Waals surface area contributed by atoms with Gasteiger partial charge in [-0.25, -0.2) is 0 Å². The summed E-state index contributed by atoms with van der Waals surface area (Å²) in [6, 6.07) is 10.7. The molecule has 1 aromatic rings. The Morgan fingerprint density at radius 1 is 1.09 bits per heavy atom. The summed E-state index contributed by atoms with van der Waals surface area (Å²) in [5.74, 6) is 0.393. The maximum Gasteiger partial charge on any atom is 0.0819 e. The number of aliphatic hydroxyl groups is 1. The number of ether oxygens (including phenoxy) is 1. The highest BCUT2D eigenvalue weighted by atomic mass is 16.5. The summed E-state index contributed by atoms with van der Waals surface area (Å²) >= 11 is 0. The summed E-state index contributed by atoms with van der Waals surface area (Å²) in [5.41, 5.74) is 1.06. The fraction of sp³-hybridized carbons (Fsp3) is 0.684. The van der Waals surface area contributed by atoms with Crippen molar-refractivity contribution >= 4 is 0 Å². The molecule has 128 valence electrons. The fourth-order valence-corrected chi connectivity index (χ4v) is 3.87. The number of likely N-dealkylation sites (tertiary alicyclic amines) is 1. The van der Waals surface area contributed by atoms with E-state index in [2.05, 4.69) is 16.7 Å². The predicted molar refractivity (Wildman–Crippen MR) is 92.4 cm³/mol. The Kier molecular flexibility index (Phi) is 6.06. The third kappa shape index (κ3) is 4.54. The zero-order chi connectivity index (χ0) is 16.1. The predicted octanol–water partition coefficient (Wildman–Crippen LogP) is 2.15. The van der Waals surface area contributed by atoms with Gasteiger partial charge in [0.15, 0.2) is 0 Å². The van der Waals surface area contributed by atoms with Crippen molar-refractivity contribution in [3.05, 3.63) is 35.9 Å². The quantitative estimate of drug-likeness (QED) is 0.902. The van der Waals surface area contributed by atoms with E-state index in [1.54, 1.807) is 0 Å². The molecule has 0 aliphatic carbocycles. The molecule has 1 aromatic carbocycles. The van der Waals surface area contributed by atoms with E-state index in [0.29, 0.717) is 12.0 Å². The molecule has 4 heteroatoms. The number of benzene rings is 1. The van der Waals surface area contributed by atoms with Gasteiger partial charge in [0.1, 0.15) is 0 Å². The summed E-state index contributed by atoms with van der Waals surface area (Å²) in [6.45, 7) is 9.54. The summed E-state index contributed by atoms with van der Waals surface area (Å²) in [5, 5.41) is 10.6. The van der Waals surface area contributed by atoms with Crippen LogP contribution in [0, 0.1) is 5.92 Å². The maximum atomic E-state index is 10.6. The van der Waals surface area contributed by atoms with Crippen molar-refractivity contribution in [1.29, 1.82) is 0 Å². The van der Waals surface area contributed by atoms with Gasteiger partial charge in [0, 0.05) is 25.7 Å². The summed E-state index contributed by atoms with van der Waals surface area (Å²) in [7, 11) is 0. The first-order chi connectivity index (χ1) is 11.2. The van der Waals surface area contributed by atoms with Crippen LogP contribution < -0.4 is 0 Å². The van der Waals surface area contributed by atoms with Crippen molar-refractivity contribution in [2.75, 3.05) is 45.9 Å². The average Bonchev–Trinajstić information content (AvgIpc) is 2.63. The van der Waals surface area contributed by atoms with Gasteiger partial charge in [-0.3, -0.25) is 9.80 Å². The molecule has 0 spiro atoms. The number of hydrogen-bond acceptors (Lipinski definition) is 4. The van der Waals surface area contributed by atoms with E-state index in [-0.39, 0.29) is 6.10 Å². The van der Waals surface area contributed by atoms with Crippen LogP contribution in [0.2, 0.25) is 0 Å². The van der Waals surface area contributed by atoms with E-state index < -0.39 is 0 Å². The van der Waals surface area contributed by atoms with Crippen LogP contribution in [-0.4, -0.2) is 66.9 Å². The second kappa shape index (κ2) is 8.25. The molecule has 3 rings (SSSR count). The van der Waals surface area contributed by atoms with Crippen LogP contribution in [0.4, 0.5) is 0 Å². The third-order valence-electron chi connectivity index (χ3n) is 5.41. The van der Waals surface area contributed by atoms with Crippen molar-refractivity contribution in [2.24, 2.45) is 5.92 Å². The van der Waals surface area contributed by atoms with Crippen LogP contribution in [0.1, 0.15) is 31.4 Å². The Morgan fingerprint density at radius 3 is 2.39 bits per heavy atom. The Labute approximate surface area is 140 Å². The average molecular weight is 318 g/mol. The summed E-state index contributed by atoms with van der Waals surface area (Å²) < 4.78 is 5.43. The molecule has 2 fully saturated rings. The minimum Gasteiger partial charge on any atom is -0.388 e. The Bertz CT molecular complexity index is 454. The van der Waals surface area contributed by atoms with Crippen LogP contribution in [0.3, 0.4) is 0 Å². The minimum atomic E-state index is -0.312. The lowest BCUT2D eigenvalue weighted by atomic mass is 9.87. The monoisotopic (exact) mass is 318 g/mol. The van der Waals surface area contributed by atoms with Gasteiger partial charge in [-0.2, -0.15) is 0 Å². The van der Waals surface area contributed by atoms with Crippen molar-refractivity contribution in [2.45, 2.75) is 31.9 Å². The molecule has 4 nitrogen and oxygen atoms in total. The number of nitrogens with zero attached hydrogens (tertiary/aromatic N) is 2. The molecule has 23 heavy (non-hydrogen) atoms. The number of piperidine rings is 1. The first-order valence-corrected chi connectivity index (χ1v) is 9.01. The van der Waals surface area contributed by atoms with Gasteiger partial charge < -0.3 is 9.84 Å². The van der Waals surface area contributed by atoms with Gasteiger partial charge in [0.05, 0.1) is 19.3 Å². The Balaban J connectivity index is 1.46. The van der Waals surface area contributed by atoms with Crippen LogP contribution in [0.5, 0.6) is 0 Å². The SMILES string of the molecule is C[C@H](CN1CCOCC1)N1CCC([C@H](O)c2ccccc2)CC1. The van der Waals surface area contributed by atoms with E-state index in [0.717, 1.165) is 64.3 Å². The number of rotatable bonds is 5. The maximum absolute atomic E-state index is 10.6. The molecule has 0 amide bonds.